The van der Waals surface area contributed by atoms with Crippen LogP contribution in [0.4, 0.5) is 0 Å². The molecule has 13 heteroatoms. The summed E-state index contributed by atoms with van der Waals surface area (Å²) in [6, 6.07) is 0. The van der Waals surface area contributed by atoms with E-state index < -0.39 is 65.5 Å². The Morgan fingerprint density at radius 3 is 1.84 bits per heavy atom. The maximum atomic E-state index is 13.2. The highest BCUT2D eigenvalue weighted by molar-refractivity contribution is 5.87. The maximum Gasteiger partial charge on any atom is 0.360 e. The molecule has 304 valence electrons. The van der Waals surface area contributed by atoms with Crippen molar-refractivity contribution in [3.05, 3.63) is 127 Å². The molecule has 1 aliphatic heterocycles. The van der Waals surface area contributed by atoms with E-state index in [-0.39, 0.29) is 42.4 Å². The number of rotatable bonds is 3. The minimum Gasteiger partial charge on any atom is -0.453 e. The lowest BCUT2D eigenvalue weighted by atomic mass is 9.79. The van der Waals surface area contributed by atoms with Crippen molar-refractivity contribution in [1.29, 1.82) is 0 Å². The van der Waals surface area contributed by atoms with Crippen LogP contribution in [-0.4, -0.2) is 92.2 Å². The molecule has 4 N–H and O–H groups in total. The third-order valence-corrected chi connectivity index (χ3v) is 9.41. The van der Waals surface area contributed by atoms with E-state index in [0.717, 1.165) is 0 Å². The summed E-state index contributed by atoms with van der Waals surface area (Å²) >= 11 is 0. The Bertz CT molecular complexity index is 1790. The number of oxazole rings is 2. The summed E-state index contributed by atoms with van der Waals surface area (Å²) in [5.41, 5.74) is -1.95. The highest BCUT2D eigenvalue weighted by Crippen LogP contribution is 2.33. The summed E-state index contributed by atoms with van der Waals surface area (Å²) in [5.74, 6) is -1.10. The predicted octanol–water partition coefficient (Wildman–Crippen LogP) is 6.21. The van der Waals surface area contributed by atoms with Crippen molar-refractivity contribution in [1.82, 2.24) is 9.97 Å². The van der Waals surface area contributed by atoms with Gasteiger partial charge in [-0.25, -0.2) is 19.6 Å². The van der Waals surface area contributed by atoms with Crippen molar-refractivity contribution in [2.24, 2.45) is 10.8 Å². The predicted molar refractivity (Wildman–Crippen MR) is 211 cm³/mol. The number of fused-ring (bicyclic) bond motifs is 4. The average Bonchev–Trinajstić information content (AvgIpc) is 3.85. The molecule has 3 rings (SSSR count). The molecule has 0 spiro atoms. The fourth-order valence-electron chi connectivity index (χ4n) is 5.42. The fraction of sp³-hybridized carbons (Fsp3) is 0.442. The summed E-state index contributed by atoms with van der Waals surface area (Å²) in [4.78, 5) is 34.7. The molecule has 1 aliphatic rings. The van der Waals surface area contributed by atoms with Crippen LogP contribution < -0.4 is 0 Å². The van der Waals surface area contributed by atoms with Crippen LogP contribution in [0.5, 0.6) is 0 Å². The number of ether oxygens (including phenoxy) is 3. The Hall–Kier alpha value is -4.92. The highest BCUT2D eigenvalue weighted by Gasteiger charge is 2.39. The van der Waals surface area contributed by atoms with E-state index >= 15 is 0 Å². The number of hydrogen-bond donors (Lipinski definition) is 4. The summed E-state index contributed by atoms with van der Waals surface area (Å²) < 4.78 is 28.0. The standard InChI is InChI=1S/C43H56N2O11/c1-8-18-36-42(3,4)34(48)23-14-12-10-11-13-20-29(52-7)26-39-45-31(28-54-39)41(51)56-37(19-9-2)43(5,6)35(49)24-17-22-33(47)32(46)21-15-16-25-38-44-30(27-53-38)40(50)55-36/h8-22,25,27-29,32-37,46-49H,23-24,26H2,1-7H3/b11-10-,14-12-,18-8+,19-9+,20-13-,21-15-,22-17-,25-16-. The topological polar surface area (TPSA) is 195 Å². The first kappa shape index (κ1) is 45.5. The van der Waals surface area contributed by atoms with E-state index in [1.807, 2.05) is 6.08 Å². The molecular weight excluding hydrogens is 720 g/mol. The van der Waals surface area contributed by atoms with Crippen molar-refractivity contribution in [3.8, 4) is 0 Å². The largest absolute Gasteiger partial charge is 0.453 e. The van der Waals surface area contributed by atoms with Crippen LogP contribution in [0, 0.1) is 10.8 Å². The first-order chi connectivity index (χ1) is 26.6. The normalized spacial score (nSPS) is 31.1. The molecule has 0 aromatic carbocycles. The second-order valence-corrected chi connectivity index (χ2v) is 14.4. The van der Waals surface area contributed by atoms with Gasteiger partial charge in [0.25, 0.3) is 0 Å². The summed E-state index contributed by atoms with van der Waals surface area (Å²) in [6.07, 6.45) is 22.8. The van der Waals surface area contributed by atoms with Gasteiger partial charge in [0.05, 0.1) is 24.7 Å². The first-order valence-corrected chi connectivity index (χ1v) is 18.5. The van der Waals surface area contributed by atoms with E-state index in [1.54, 1.807) is 103 Å². The quantitative estimate of drug-likeness (QED) is 0.203. The van der Waals surface area contributed by atoms with Gasteiger partial charge >= 0.3 is 11.9 Å². The van der Waals surface area contributed by atoms with Gasteiger partial charge in [-0.05, 0) is 38.8 Å². The van der Waals surface area contributed by atoms with Crippen LogP contribution in [0.15, 0.2) is 113 Å². The van der Waals surface area contributed by atoms with Crippen molar-refractivity contribution in [2.45, 2.75) is 104 Å². The number of carbonyl (C=O) groups is 2. The van der Waals surface area contributed by atoms with Crippen molar-refractivity contribution < 1.29 is 53.1 Å². The second kappa shape index (κ2) is 22.0. The molecule has 0 radical (unpaired) electrons. The summed E-state index contributed by atoms with van der Waals surface area (Å²) in [7, 11) is 1.54. The molecule has 0 saturated heterocycles. The summed E-state index contributed by atoms with van der Waals surface area (Å²) in [6.45, 7) is 10.7. The van der Waals surface area contributed by atoms with Gasteiger partial charge in [0.15, 0.2) is 17.3 Å². The highest BCUT2D eigenvalue weighted by atomic mass is 16.6. The molecule has 0 fully saturated rings. The lowest BCUT2D eigenvalue weighted by Gasteiger charge is -2.35. The fourth-order valence-corrected chi connectivity index (χ4v) is 5.42. The van der Waals surface area contributed by atoms with E-state index in [9.17, 15) is 30.0 Å². The number of carbonyl (C=O) groups excluding carboxylic acids is 2. The van der Waals surface area contributed by atoms with Crippen molar-refractivity contribution >= 4 is 18.0 Å². The van der Waals surface area contributed by atoms with Gasteiger partial charge < -0.3 is 43.5 Å². The molecule has 56 heavy (non-hydrogen) atoms. The molecule has 3 heterocycles. The number of aliphatic hydroxyl groups is 4. The first-order valence-electron chi connectivity index (χ1n) is 18.5. The van der Waals surface area contributed by atoms with Crippen LogP contribution in [0.2, 0.25) is 0 Å². The maximum absolute atomic E-state index is 13.2. The van der Waals surface area contributed by atoms with Gasteiger partial charge in [0, 0.05) is 24.0 Å². The zero-order valence-electron chi connectivity index (χ0n) is 33.1. The Morgan fingerprint density at radius 1 is 0.696 bits per heavy atom. The molecule has 2 aromatic rings. The van der Waals surface area contributed by atoms with Gasteiger partial charge in [-0.3, -0.25) is 0 Å². The van der Waals surface area contributed by atoms with Gasteiger partial charge in [0.2, 0.25) is 5.89 Å². The SMILES string of the molecule is C/C=C/C1OC(=O)c2coc(n2)/C=C\C=C/C(O)C(O)/C=C\CC(O)C(C)(C)C(/C=C/C)OC(=O)c2coc(n2)CC(OC)\C=C/C=C\C=C/CC(O)C1(C)C. The number of nitrogens with zero attached hydrogens (tertiary/aromatic N) is 2. The molecule has 7 atom stereocenters. The number of aromatic nitrogens is 2. The number of allylic oxidation sites excluding steroid dienone is 8. The second-order valence-electron chi connectivity index (χ2n) is 14.4. The molecule has 4 bridgehead atoms. The molecule has 0 aliphatic carbocycles. The molecule has 7 unspecified atom stereocenters. The Labute approximate surface area is 328 Å². The van der Waals surface area contributed by atoms with Crippen LogP contribution in [0.25, 0.3) is 6.08 Å². The molecule has 13 nitrogen and oxygen atoms in total. The van der Waals surface area contributed by atoms with Gasteiger partial charge in [0.1, 0.15) is 36.9 Å². The molecular formula is C43H56N2O11. The monoisotopic (exact) mass is 776 g/mol. The van der Waals surface area contributed by atoms with Crippen molar-refractivity contribution in [2.75, 3.05) is 7.11 Å². The van der Waals surface area contributed by atoms with E-state index in [1.165, 1.54) is 49.0 Å². The van der Waals surface area contributed by atoms with Crippen LogP contribution in [0.1, 0.15) is 87.1 Å². The van der Waals surface area contributed by atoms with E-state index in [4.69, 9.17) is 23.0 Å². The number of cyclic esters (lactones) is 2. The number of methoxy groups -OCH3 is 1. The number of hydrogen-bond acceptors (Lipinski definition) is 13. The summed E-state index contributed by atoms with van der Waals surface area (Å²) in [5, 5.41) is 43.2. The van der Waals surface area contributed by atoms with Crippen LogP contribution in [0.3, 0.4) is 0 Å². The minimum absolute atomic E-state index is 0.0357. The van der Waals surface area contributed by atoms with Crippen molar-refractivity contribution in [3.63, 3.8) is 0 Å². The molecule has 0 saturated carbocycles. The van der Waals surface area contributed by atoms with Gasteiger partial charge in [-0.15, -0.1) is 0 Å². The third-order valence-electron chi connectivity index (χ3n) is 9.41. The zero-order valence-corrected chi connectivity index (χ0v) is 33.1. The zero-order chi connectivity index (χ0) is 41.3. The molecule has 0 amide bonds. The number of aliphatic hydroxyl groups excluding tert-OH is 4. The van der Waals surface area contributed by atoms with Gasteiger partial charge in [-0.1, -0.05) is 107 Å². The molecule has 2 aromatic heterocycles. The lowest BCUT2D eigenvalue weighted by Crippen LogP contribution is -2.42. The average molecular weight is 777 g/mol. The Morgan fingerprint density at radius 2 is 1.23 bits per heavy atom. The Kier molecular flexibility index (Phi) is 17.8. The smallest absolute Gasteiger partial charge is 0.360 e. The lowest BCUT2D eigenvalue weighted by molar-refractivity contribution is -0.0425. The Balaban J connectivity index is 1.86. The van der Waals surface area contributed by atoms with E-state index in [0.29, 0.717) is 0 Å². The van der Waals surface area contributed by atoms with Gasteiger partial charge in [-0.2, -0.15) is 0 Å². The third kappa shape index (κ3) is 13.4. The van der Waals surface area contributed by atoms with E-state index in [2.05, 4.69) is 9.97 Å². The van der Waals surface area contributed by atoms with Crippen LogP contribution >= 0.6 is 0 Å². The minimum atomic E-state index is -1.29. The number of esters is 2. The van der Waals surface area contributed by atoms with Crippen LogP contribution in [-0.2, 0) is 20.6 Å².